The van der Waals surface area contributed by atoms with Crippen LogP contribution in [0.2, 0.25) is 0 Å². The van der Waals surface area contributed by atoms with Crippen molar-refractivity contribution in [3.8, 4) is 5.75 Å². The Bertz CT molecular complexity index is 570. The van der Waals surface area contributed by atoms with Gasteiger partial charge in [0, 0.05) is 23.7 Å². The van der Waals surface area contributed by atoms with Crippen molar-refractivity contribution < 1.29 is 4.74 Å². The summed E-state index contributed by atoms with van der Waals surface area (Å²) in [7, 11) is 0. The molecule has 0 saturated carbocycles. The van der Waals surface area contributed by atoms with Crippen molar-refractivity contribution in [2.45, 2.75) is 50.3 Å². The van der Waals surface area contributed by atoms with Gasteiger partial charge in [-0.05, 0) is 55.4 Å². The predicted octanol–water partition coefficient (Wildman–Crippen LogP) is 3.35. The third kappa shape index (κ3) is 2.35. The average Bonchev–Trinajstić information content (AvgIpc) is 2.85. The molecular formula is C15H18N2OS. The summed E-state index contributed by atoms with van der Waals surface area (Å²) in [4.78, 5) is 0. The fourth-order valence-corrected chi connectivity index (χ4v) is 4.09. The molecular weight excluding hydrogens is 256 g/mol. The highest BCUT2D eigenvalue weighted by atomic mass is 32.1. The molecule has 1 aromatic carbocycles. The number of hydrogen-bond acceptors (Lipinski definition) is 4. The number of fused-ring (bicyclic) bond motifs is 3. The average molecular weight is 274 g/mol. The summed E-state index contributed by atoms with van der Waals surface area (Å²) < 4.78 is 11.6. The largest absolute Gasteiger partial charge is 0.490 e. The van der Waals surface area contributed by atoms with E-state index in [1.165, 1.54) is 40.9 Å². The lowest BCUT2D eigenvalue weighted by Gasteiger charge is -2.40. The molecule has 0 radical (unpaired) electrons. The molecule has 100 valence electrons. The Morgan fingerprint density at radius 1 is 1.21 bits per heavy atom. The summed E-state index contributed by atoms with van der Waals surface area (Å²) in [6.45, 7) is 0. The normalized spacial score (nSPS) is 30.4. The van der Waals surface area contributed by atoms with Crippen molar-refractivity contribution in [1.82, 2.24) is 9.69 Å². The number of hydrogen-bond donors (Lipinski definition) is 1. The Morgan fingerprint density at radius 2 is 2.05 bits per heavy atom. The highest BCUT2D eigenvalue weighted by Gasteiger charge is 2.32. The Labute approximate surface area is 117 Å². The van der Waals surface area contributed by atoms with E-state index in [1.807, 2.05) is 6.20 Å². The van der Waals surface area contributed by atoms with Gasteiger partial charge in [0.2, 0.25) is 0 Å². The van der Waals surface area contributed by atoms with E-state index < -0.39 is 0 Å². The van der Waals surface area contributed by atoms with Gasteiger partial charge in [-0.3, -0.25) is 0 Å². The first-order valence-corrected chi connectivity index (χ1v) is 7.91. The van der Waals surface area contributed by atoms with Gasteiger partial charge in [0.05, 0.1) is 4.70 Å². The minimum atomic E-state index is 0.377. The topological polar surface area (TPSA) is 34.1 Å². The Balaban J connectivity index is 1.51. The van der Waals surface area contributed by atoms with E-state index >= 15 is 0 Å². The minimum absolute atomic E-state index is 0.377. The van der Waals surface area contributed by atoms with E-state index in [1.54, 1.807) is 0 Å². The second-order valence-corrected chi connectivity index (χ2v) is 6.56. The Morgan fingerprint density at radius 3 is 2.89 bits per heavy atom. The first-order chi connectivity index (χ1) is 9.37. The van der Waals surface area contributed by atoms with Crippen molar-refractivity contribution in [3.05, 3.63) is 24.4 Å². The van der Waals surface area contributed by atoms with Crippen LogP contribution in [0.4, 0.5) is 0 Å². The molecule has 4 rings (SSSR count). The molecule has 1 aromatic heterocycles. The molecule has 2 fully saturated rings. The number of nitrogens with zero attached hydrogens (tertiary/aromatic N) is 1. The fraction of sp³-hybridized carbons (Fsp3) is 0.533. The van der Waals surface area contributed by atoms with Crippen LogP contribution in [0, 0.1) is 0 Å². The van der Waals surface area contributed by atoms with Gasteiger partial charge < -0.3 is 10.1 Å². The summed E-state index contributed by atoms with van der Waals surface area (Å²) >= 11 is 1.54. The summed E-state index contributed by atoms with van der Waals surface area (Å²) in [6.07, 6.45) is 8.59. The third-order valence-electron chi connectivity index (χ3n) is 4.30. The zero-order valence-corrected chi connectivity index (χ0v) is 11.7. The number of benzene rings is 1. The van der Waals surface area contributed by atoms with Crippen LogP contribution < -0.4 is 10.1 Å². The first kappa shape index (κ1) is 11.7. The zero-order chi connectivity index (χ0) is 12.7. The second kappa shape index (κ2) is 4.76. The highest BCUT2D eigenvalue weighted by Crippen LogP contribution is 2.30. The molecule has 0 amide bonds. The lowest BCUT2D eigenvalue weighted by atomic mass is 9.85. The minimum Gasteiger partial charge on any atom is -0.490 e. The maximum absolute atomic E-state index is 6.21. The molecule has 2 bridgehead atoms. The predicted molar refractivity (Wildman–Crippen MR) is 77.8 cm³/mol. The van der Waals surface area contributed by atoms with Crippen molar-refractivity contribution in [2.24, 2.45) is 0 Å². The van der Waals surface area contributed by atoms with Crippen LogP contribution in [0.1, 0.15) is 32.1 Å². The van der Waals surface area contributed by atoms with E-state index in [0.717, 1.165) is 18.6 Å². The molecule has 0 aliphatic carbocycles. The van der Waals surface area contributed by atoms with Gasteiger partial charge in [0.1, 0.15) is 11.9 Å². The molecule has 1 N–H and O–H groups in total. The number of aromatic nitrogens is 1. The van der Waals surface area contributed by atoms with E-state index in [0.29, 0.717) is 18.2 Å². The SMILES string of the molecule is c1cc2cnsc2cc1O[C@@H]1C[C@H]2CCC[C@@H](C1)N2. The smallest absolute Gasteiger partial charge is 0.121 e. The van der Waals surface area contributed by atoms with Gasteiger partial charge in [-0.25, -0.2) is 0 Å². The molecule has 2 aromatic rings. The quantitative estimate of drug-likeness (QED) is 0.912. The maximum atomic E-state index is 6.21. The zero-order valence-electron chi connectivity index (χ0n) is 10.8. The van der Waals surface area contributed by atoms with Crippen LogP contribution in [0.5, 0.6) is 5.75 Å². The van der Waals surface area contributed by atoms with Gasteiger partial charge in [-0.15, -0.1) is 0 Å². The second-order valence-electron chi connectivity index (χ2n) is 5.73. The number of piperidine rings is 2. The monoisotopic (exact) mass is 274 g/mol. The molecule has 4 heteroatoms. The standard InChI is InChI=1S/C15H18N2OS/c1-2-11-6-14(7-12(3-1)17-11)18-13-5-4-10-9-16-19-15(10)8-13/h4-5,8-9,11-12,14,17H,1-3,6-7H2/t11-,12+,14-. The van der Waals surface area contributed by atoms with Crippen LogP contribution in [0.3, 0.4) is 0 Å². The van der Waals surface area contributed by atoms with Crippen molar-refractivity contribution in [2.75, 3.05) is 0 Å². The van der Waals surface area contributed by atoms with Gasteiger partial charge in [-0.2, -0.15) is 4.37 Å². The van der Waals surface area contributed by atoms with Crippen molar-refractivity contribution >= 4 is 21.6 Å². The van der Waals surface area contributed by atoms with Gasteiger partial charge in [-0.1, -0.05) is 6.42 Å². The van der Waals surface area contributed by atoms with Gasteiger partial charge >= 0.3 is 0 Å². The van der Waals surface area contributed by atoms with Gasteiger partial charge in [0.25, 0.3) is 0 Å². The molecule has 2 aliphatic heterocycles. The van der Waals surface area contributed by atoms with Crippen LogP contribution in [-0.4, -0.2) is 22.6 Å². The van der Waals surface area contributed by atoms with Crippen LogP contribution in [0.25, 0.3) is 10.1 Å². The highest BCUT2D eigenvalue weighted by molar-refractivity contribution is 7.13. The Kier molecular flexibility index (Phi) is 2.93. The molecule has 3 atom stereocenters. The molecule has 0 unspecified atom stereocenters. The lowest BCUT2D eigenvalue weighted by Crippen LogP contribution is -2.51. The first-order valence-electron chi connectivity index (χ1n) is 7.14. The lowest BCUT2D eigenvalue weighted by molar-refractivity contribution is 0.0928. The van der Waals surface area contributed by atoms with E-state index in [-0.39, 0.29) is 0 Å². The molecule has 19 heavy (non-hydrogen) atoms. The summed E-state index contributed by atoms with van der Waals surface area (Å²) in [5.74, 6) is 1.00. The van der Waals surface area contributed by atoms with E-state index in [2.05, 4.69) is 27.9 Å². The van der Waals surface area contributed by atoms with Crippen LogP contribution in [-0.2, 0) is 0 Å². The summed E-state index contributed by atoms with van der Waals surface area (Å²) in [5.41, 5.74) is 0. The van der Waals surface area contributed by atoms with Crippen molar-refractivity contribution in [1.29, 1.82) is 0 Å². The number of nitrogens with one attached hydrogen (secondary N) is 1. The van der Waals surface area contributed by atoms with Gasteiger partial charge in [0.15, 0.2) is 0 Å². The molecule has 3 nitrogen and oxygen atoms in total. The molecule has 2 saturated heterocycles. The van der Waals surface area contributed by atoms with Crippen molar-refractivity contribution in [3.63, 3.8) is 0 Å². The van der Waals surface area contributed by atoms with E-state index in [9.17, 15) is 0 Å². The molecule has 3 heterocycles. The molecule has 0 spiro atoms. The number of rotatable bonds is 2. The van der Waals surface area contributed by atoms with E-state index in [4.69, 9.17) is 4.74 Å². The summed E-state index contributed by atoms with van der Waals surface area (Å²) in [5, 5.41) is 4.91. The van der Waals surface area contributed by atoms with Crippen LogP contribution in [0.15, 0.2) is 24.4 Å². The molecule has 2 aliphatic rings. The fourth-order valence-electron chi connectivity index (χ4n) is 3.42. The summed E-state index contributed by atoms with van der Waals surface area (Å²) in [6, 6.07) is 7.66. The third-order valence-corrected chi connectivity index (χ3v) is 5.06. The van der Waals surface area contributed by atoms with Crippen LogP contribution >= 0.6 is 11.5 Å². The Hall–Kier alpha value is -1.13. The number of ether oxygens (including phenoxy) is 1. The maximum Gasteiger partial charge on any atom is 0.121 e.